The molecule has 2 N–H and O–H groups in total. The molecule has 124 valence electrons. The van der Waals surface area contributed by atoms with E-state index in [1.807, 2.05) is 0 Å². The number of anilines is 1. The van der Waals surface area contributed by atoms with Crippen molar-refractivity contribution in [3.05, 3.63) is 17.7 Å². The Morgan fingerprint density at radius 3 is 2.57 bits per heavy atom. The molecule has 2 bridgehead atoms. The number of ether oxygens (including phenoxy) is 3. The lowest BCUT2D eigenvalue weighted by Gasteiger charge is -2.20. The molecule has 0 radical (unpaired) electrons. The van der Waals surface area contributed by atoms with Gasteiger partial charge in [-0.2, -0.15) is 0 Å². The average Bonchev–Trinajstić information content (AvgIpc) is 3.16. The second kappa shape index (κ2) is 6.08. The number of hydrogen-bond donors (Lipinski definition) is 2. The number of carbonyl (C=O) groups excluding carboxylic acids is 1. The van der Waals surface area contributed by atoms with Gasteiger partial charge < -0.3 is 24.6 Å². The molecule has 7 nitrogen and oxygen atoms in total. The lowest BCUT2D eigenvalue weighted by Crippen LogP contribution is -2.30. The van der Waals surface area contributed by atoms with Crippen molar-refractivity contribution < 1.29 is 28.9 Å². The Kier molecular flexibility index (Phi) is 4.12. The van der Waals surface area contributed by atoms with Gasteiger partial charge in [0.2, 0.25) is 5.91 Å². The first-order valence-electron chi connectivity index (χ1n) is 7.49. The summed E-state index contributed by atoms with van der Waals surface area (Å²) in [5.41, 5.74) is 0.305. The normalized spacial score (nSPS) is 25.2. The van der Waals surface area contributed by atoms with Crippen molar-refractivity contribution in [2.24, 2.45) is 5.92 Å². The van der Waals surface area contributed by atoms with Crippen molar-refractivity contribution >= 4 is 17.6 Å². The Morgan fingerprint density at radius 2 is 2.04 bits per heavy atom. The summed E-state index contributed by atoms with van der Waals surface area (Å²) in [5, 5.41) is 12.0. The SMILES string of the molecule is COc1cc(C(=O)O)cc(NC(=O)C2CC3CCC2O3)c1OC. The van der Waals surface area contributed by atoms with Crippen LogP contribution in [-0.4, -0.2) is 43.4 Å². The van der Waals surface area contributed by atoms with Crippen LogP contribution in [0.15, 0.2) is 12.1 Å². The molecular weight excluding hydrogens is 302 g/mol. The molecule has 23 heavy (non-hydrogen) atoms. The van der Waals surface area contributed by atoms with Gasteiger partial charge in [0.1, 0.15) is 0 Å². The molecule has 7 heteroatoms. The van der Waals surface area contributed by atoms with Crippen molar-refractivity contribution in [2.75, 3.05) is 19.5 Å². The number of rotatable bonds is 5. The van der Waals surface area contributed by atoms with Crippen LogP contribution < -0.4 is 14.8 Å². The van der Waals surface area contributed by atoms with E-state index in [9.17, 15) is 14.7 Å². The van der Waals surface area contributed by atoms with E-state index in [-0.39, 0.29) is 41.0 Å². The zero-order chi connectivity index (χ0) is 16.6. The molecule has 1 aromatic carbocycles. The van der Waals surface area contributed by atoms with Crippen LogP contribution in [0.5, 0.6) is 11.5 Å². The third-order valence-electron chi connectivity index (χ3n) is 4.43. The summed E-state index contributed by atoms with van der Waals surface area (Å²) in [6, 6.07) is 2.73. The molecule has 3 atom stereocenters. The Bertz CT molecular complexity index is 644. The van der Waals surface area contributed by atoms with Gasteiger partial charge in [-0.25, -0.2) is 4.79 Å². The van der Waals surface area contributed by atoms with Gasteiger partial charge in [0, 0.05) is 0 Å². The summed E-state index contributed by atoms with van der Waals surface area (Å²) in [6.07, 6.45) is 2.71. The van der Waals surface area contributed by atoms with Crippen LogP contribution in [0.3, 0.4) is 0 Å². The smallest absolute Gasteiger partial charge is 0.335 e. The highest BCUT2D eigenvalue weighted by molar-refractivity contribution is 5.98. The van der Waals surface area contributed by atoms with Crippen LogP contribution in [0.1, 0.15) is 29.6 Å². The fourth-order valence-corrected chi connectivity index (χ4v) is 3.32. The summed E-state index contributed by atoms with van der Waals surface area (Å²) >= 11 is 0. The predicted molar refractivity (Wildman–Crippen MR) is 81.1 cm³/mol. The lowest BCUT2D eigenvalue weighted by atomic mass is 9.88. The van der Waals surface area contributed by atoms with E-state index in [1.165, 1.54) is 26.4 Å². The number of hydrogen-bond acceptors (Lipinski definition) is 5. The molecule has 2 fully saturated rings. The fraction of sp³-hybridized carbons (Fsp3) is 0.500. The van der Waals surface area contributed by atoms with Crippen molar-refractivity contribution in [2.45, 2.75) is 31.5 Å². The monoisotopic (exact) mass is 321 g/mol. The average molecular weight is 321 g/mol. The van der Waals surface area contributed by atoms with E-state index in [0.29, 0.717) is 12.2 Å². The van der Waals surface area contributed by atoms with Gasteiger partial charge in [0.25, 0.3) is 0 Å². The molecule has 2 heterocycles. The summed E-state index contributed by atoms with van der Waals surface area (Å²) < 4.78 is 16.1. The molecule has 2 aliphatic heterocycles. The molecule has 2 aliphatic rings. The second-order valence-corrected chi connectivity index (χ2v) is 5.77. The molecule has 3 rings (SSSR count). The zero-order valence-corrected chi connectivity index (χ0v) is 13.0. The van der Waals surface area contributed by atoms with Gasteiger partial charge in [0.15, 0.2) is 11.5 Å². The Balaban J connectivity index is 1.87. The Labute approximate surface area is 133 Å². The number of benzene rings is 1. The quantitative estimate of drug-likeness (QED) is 0.860. The van der Waals surface area contributed by atoms with E-state index in [1.54, 1.807) is 0 Å². The highest BCUT2D eigenvalue weighted by Crippen LogP contribution is 2.41. The predicted octanol–water partition coefficient (Wildman–Crippen LogP) is 1.91. The maximum absolute atomic E-state index is 12.5. The van der Waals surface area contributed by atoms with Crippen LogP contribution in [-0.2, 0) is 9.53 Å². The largest absolute Gasteiger partial charge is 0.493 e. The Hall–Kier alpha value is -2.28. The fourth-order valence-electron chi connectivity index (χ4n) is 3.32. The van der Waals surface area contributed by atoms with Gasteiger partial charge in [-0.05, 0) is 31.4 Å². The molecule has 3 unspecified atom stereocenters. The van der Waals surface area contributed by atoms with Gasteiger partial charge in [0.05, 0.1) is 43.6 Å². The highest BCUT2D eigenvalue weighted by atomic mass is 16.5. The third-order valence-corrected chi connectivity index (χ3v) is 4.43. The molecule has 1 amide bonds. The number of aromatic carboxylic acids is 1. The first-order valence-corrected chi connectivity index (χ1v) is 7.49. The van der Waals surface area contributed by atoms with Crippen LogP contribution in [0.2, 0.25) is 0 Å². The number of amides is 1. The van der Waals surface area contributed by atoms with E-state index in [4.69, 9.17) is 14.2 Å². The van der Waals surface area contributed by atoms with Crippen molar-refractivity contribution in [1.82, 2.24) is 0 Å². The summed E-state index contributed by atoms with van der Waals surface area (Å²) in [5.74, 6) is -0.940. The molecular formula is C16H19NO6. The van der Waals surface area contributed by atoms with E-state index >= 15 is 0 Å². The number of fused-ring (bicyclic) bond motifs is 2. The molecule has 1 aromatic rings. The minimum atomic E-state index is -1.11. The summed E-state index contributed by atoms with van der Waals surface area (Å²) in [4.78, 5) is 23.8. The molecule has 2 saturated heterocycles. The number of carbonyl (C=O) groups is 2. The van der Waals surface area contributed by atoms with E-state index < -0.39 is 5.97 Å². The molecule has 0 aromatic heterocycles. The minimum Gasteiger partial charge on any atom is -0.493 e. The van der Waals surface area contributed by atoms with Crippen LogP contribution in [0.4, 0.5) is 5.69 Å². The zero-order valence-electron chi connectivity index (χ0n) is 13.0. The standard InChI is InChI=1S/C16H19NO6/c1-21-13-6-8(16(19)20)5-11(14(13)22-2)17-15(18)10-7-9-3-4-12(10)23-9/h5-6,9-10,12H,3-4,7H2,1-2H3,(H,17,18)(H,19,20). The molecule has 0 aliphatic carbocycles. The molecule has 0 saturated carbocycles. The molecule has 0 spiro atoms. The van der Waals surface area contributed by atoms with E-state index in [2.05, 4.69) is 5.32 Å². The number of carboxylic acids is 1. The van der Waals surface area contributed by atoms with Gasteiger partial charge in [-0.1, -0.05) is 0 Å². The first-order chi connectivity index (χ1) is 11.0. The van der Waals surface area contributed by atoms with Gasteiger partial charge in [-0.3, -0.25) is 4.79 Å². The summed E-state index contributed by atoms with van der Waals surface area (Å²) in [7, 11) is 2.85. The van der Waals surface area contributed by atoms with Crippen molar-refractivity contribution in [3.63, 3.8) is 0 Å². The van der Waals surface area contributed by atoms with Crippen molar-refractivity contribution in [3.8, 4) is 11.5 Å². The van der Waals surface area contributed by atoms with Crippen LogP contribution in [0, 0.1) is 5.92 Å². The highest BCUT2D eigenvalue weighted by Gasteiger charge is 2.44. The van der Waals surface area contributed by atoms with Gasteiger partial charge >= 0.3 is 5.97 Å². The summed E-state index contributed by atoms with van der Waals surface area (Å²) in [6.45, 7) is 0. The lowest BCUT2D eigenvalue weighted by molar-refractivity contribution is -0.121. The maximum atomic E-state index is 12.5. The van der Waals surface area contributed by atoms with Gasteiger partial charge in [-0.15, -0.1) is 0 Å². The first kappa shape index (κ1) is 15.6. The van der Waals surface area contributed by atoms with Crippen LogP contribution in [0.25, 0.3) is 0 Å². The Morgan fingerprint density at radius 1 is 1.26 bits per heavy atom. The van der Waals surface area contributed by atoms with Crippen molar-refractivity contribution in [1.29, 1.82) is 0 Å². The minimum absolute atomic E-state index is 0.0159. The van der Waals surface area contributed by atoms with Crippen LogP contribution >= 0.6 is 0 Å². The van der Waals surface area contributed by atoms with E-state index in [0.717, 1.165) is 12.8 Å². The third kappa shape index (κ3) is 2.84. The topological polar surface area (TPSA) is 94.1 Å². The number of nitrogens with one attached hydrogen (secondary N) is 1. The number of methoxy groups -OCH3 is 2. The number of carboxylic acid groups (broad SMARTS) is 1. The second-order valence-electron chi connectivity index (χ2n) is 5.77. The maximum Gasteiger partial charge on any atom is 0.335 e.